The lowest BCUT2D eigenvalue weighted by atomic mass is 10.3. The summed E-state index contributed by atoms with van der Waals surface area (Å²) in [7, 11) is 1.92. The van der Waals surface area contributed by atoms with E-state index in [1.165, 1.54) is 12.8 Å². The van der Waals surface area contributed by atoms with Gasteiger partial charge in [-0.3, -0.25) is 4.68 Å². The number of aryl methyl sites for hydroxylation is 1. The van der Waals surface area contributed by atoms with Crippen molar-refractivity contribution in [3.8, 4) is 0 Å². The fourth-order valence-electron chi connectivity index (χ4n) is 0.903. The van der Waals surface area contributed by atoms with E-state index in [0.29, 0.717) is 0 Å². The first-order valence-corrected chi connectivity index (χ1v) is 4.06. The molecule has 0 amide bonds. The summed E-state index contributed by atoms with van der Waals surface area (Å²) in [5.74, 6) is 0.973. The third-order valence-corrected chi connectivity index (χ3v) is 1.55. The standard InChI is InChI=1S/C8H15N3.ClH/c1-3-4-6-9-8-5-7-11(2)10-8;/h5,7H,3-4,6H2,1-2H3,(H,9,10);1H. The minimum Gasteiger partial charge on any atom is -0.369 e. The lowest BCUT2D eigenvalue weighted by Crippen LogP contribution is -2.01. The maximum Gasteiger partial charge on any atom is 0.147 e. The van der Waals surface area contributed by atoms with E-state index in [0.717, 1.165) is 12.4 Å². The van der Waals surface area contributed by atoms with E-state index in [4.69, 9.17) is 0 Å². The normalized spacial score (nSPS) is 9.17. The molecule has 1 N–H and O–H groups in total. The van der Waals surface area contributed by atoms with E-state index in [2.05, 4.69) is 17.3 Å². The third kappa shape index (κ3) is 3.62. The zero-order chi connectivity index (χ0) is 8.10. The number of aromatic nitrogens is 2. The number of halogens is 1. The van der Waals surface area contributed by atoms with Crippen LogP contribution in [-0.2, 0) is 7.05 Å². The van der Waals surface area contributed by atoms with Gasteiger partial charge in [0, 0.05) is 25.9 Å². The number of rotatable bonds is 4. The first-order chi connectivity index (χ1) is 5.33. The van der Waals surface area contributed by atoms with Crippen molar-refractivity contribution < 1.29 is 0 Å². The molecule has 1 rings (SSSR count). The minimum absolute atomic E-state index is 0. The Morgan fingerprint density at radius 2 is 2.33 bits per heavy atom. The number of anilines is 1. The Bertz CT molecular complexity index is 210. The lowest BCUT2D eigenvalue weighted by molar-refractivity contribution is 0.763. The van der Waals surface area contributed by atoms with Gasteiger partial charge in [0.05, 0.1) is 0 Å². The molecular weight excluding hydrogens is 174 g/mol. The summed E-state index contributed by atoms with van der Waals surface area (Å²) in [6.07, 6.45) is 4.37. The summed E-state index contributed by atoms with van der Waals surface area (Å²) in [6.45, 7) is 3.20. The van der Waals surface area contributed by atoms with E-state index in [-0.39, 0.29) is 12.4 Å². The molecule has 1 aromatic rings. The first-order valence-electron chi connectivity index (χ1n) is 4.06. The van der Waals surface area contributed by atoms with E-state index in [9.17, 15) is 0 Å². The van der Waals surface area contributed by atoms with Gasteiger partial charge < -0.3 is 5.32 Å². The molecule has 12 heavy (non-hydrogen) atoms. The van der Waals surface area contributed by atoms with E-state index in [1.807, 2.05) is 19.3 Å². The molecule has 1 heterocycles. The molecule has 0 fully saturated rings. The molecule has 0 saturated carbocycles. The van der Waals surface area contributed by atoms with Gasteiger partial charge >= 0.3 is 0 Å². The minimum atomic E-state index is 0. The number of hydrogen-bond donors (Lipinski definition) is 1. The van der Waals surface area contributed by atoms with Crippen LogP contribution in [0.4, 0.5) is 5.82 Å². The summed E-state index contributed by atoms with van der Waals surface area (Å²) in [5.41, 5.74) is 0. The number of hydrogen-bond acceptors (Lipinski definition) is 2. The zero-order valence-corrected chi connectivity index (χ0v) is 8.40. The lowest BCUT2D eigenvalue weighted by Gasteiger charge is -1.99. The van der Waals surface area contributed by atoms with Crippen LogP contribution in [0.1, 0.15) is 19.8 Å². The average Bonchev–Trinajstić information content (AvgIpc) is 2.37. The van der Waals surface area contributed by atoms with Crippen molar-refractivity contribution in [1.29, 1.82) is 0 Å². The van der Waals surface area contributed by atoms with Gasteiger partial charge in [0.15, 0.2) is 0 Å². The van der Waals surface area contributed by atoms with Gasteiger partial charge in [0.25, 0.3) is 0 Å². The van der Waals surface area contributed by atoms with Crippen LogP contribution in [0.2, 0.25) is 0 Å². The monoisotopic (exact) mass is 189 g/mol. The van der Waals surface area contributed by atoms with Crippen LogP contribution >= 0.6 is 12.4 Å². The van der Waals surface area contributed by atoms with Gasteiger partial charge in [-0.1, -0.05) is 13.3 Å². The highest BCUT2D eigenvalue weighted by molar-refractivity contribution is 5.85. The predicted octanol–water partition coefficient (Wildman–Crippen LogP) is 2.05. The molecule has 0 saturated heterocycles. The molecule has 3 nitrogen and oxygen atoms in total. The molecule has 4 heteroatoms. The SMILES string of the molecule is CCCCNc1ccn(C)n1.Cl. The van der Waals surface area contributed by atoms with Crippen LogP contribution in [0, 0.1) is 0 Å². The van der Waals surface area contributed by atoms with Gasteiger partial charge in [-0.15, -0.1) is 12.4 Å². The molecule has 0 aliphatic rings. The summed E-state index contributed by atoms with van der Waals surface area (Å²) in [4.78, 5) is 0. The Morgan fingerprint density at radius 1 is 1.58 bits per heavy atom. The Labute approximate surface area is 79.6 Å². The van der Waals surface area contributed by atoms with Gasteiger partial charge in [0.2, 0.25) is 0 Å². The van der Waals surface area contributed by atoms with Gasteiger partial charge in [-0.2, -0.15) is 5.10 Å². The maximum atomic E-state index is 4.19. The van der Waals surface area contributed by atoms with E-state index >= 15 is 0 Å². The second kappa shape index (κ2) is 5.89. The summed E-state index contributed by atoms with van der Waals surface area (Å²) < 4.78 is 1.80. The summed E-state index contributed by atoms with van der Waals surface area (Å²) in [5, 5.41) is 7.42. The van der Waals surface area contributed by atoms with Crippen molar-refractivity contribution in [1.82, 2.24) is 9.78 Å². The predicted molar refractivity (Wildman–Crippen MR) is 53.9 cm³/mol. The molecule has 70 valence electrons. The largest absolute Gasteiger partial charge is 0.369 e. The van der Waals surface area contributed by atoms with Crippen molar-refractivity contribution in [2.75, 3.05) is 11.9 Å². The molecule has 0 aromatic carbocycles. The molecule has 1 aromatic heterocycles. The van der Waals surface area contributed by atoms with Crippen molar-refractivity contribution in [2.24, 2.45) is 7.05 Å². The third-order valence-electron chi connectivity index (χ3n) is 1.55. The molecule has 0 aliphatic heterocycles. The molecule has 0 unspecified atom stereocenters. The Hall–Kier alpha value is -0.700. The van der Waals surface area contributed by atoms with Crippen LogP contribution in [0.25, 0.3) is 0 Å². The van der Waals surface area contributed by atoms with Crippen LogP contribution in [0.3, 0.4) is 0 Å². The fourth-order valence-corrected chi connectivity index (χ4v) is 0.903. The van der Waals surface area contributed by atoms with Crippen molar-refractivity contribution in [3.05, 3.63) is 12.3 Å². The van der Waals surface area contributed by atoms with Gasteiger partial charge in [-0.25, -0.2) is 0 Å². The molecular formula is C8H16ClN3. The highest BCUT2D eigenvalue weighted by Gasteiger charge is 1.92. The van der Waals surface area contributed by atoms with Gasteiger partial charge in [0.1, 0.15) is 5.82 Å². The number of nitrogens with zero attached hydrogens (tertiary/aromatic N) is 2. The topological polar surface area (TPSA) is 29.9 Å². The Balaban J connectivity index is 0.00000121. The van der Waals surface area contributed by atoms with Crippen LogP contribution in [0.5, 0.6) is 0 Å². The first kappa shape index (κ1) is 11.3. The van der Waals surface area contributed by atoms with E-state index in [1.54, 1.807) is 4.68 Å². The van der Waals surface area contributed by atoms with Crippen molar-refractivity contribution in [2.45, 2.75) is 19.8 Å². The van der Waals surface area contributed by atoms with Gasteiger partial charge in [-0.05, 0) is 6.42 Å². The summed E-state index contributed by atoms with van der Waals surface area (Å²) >= 11 is 0. The molecule has 0 spiro atoms. The Morgan fingerprint density at radius 3 is 2.83 bits per heavy atom. The highest BCUT2D eigenvalue weighted by Crippen LogP contribution is 2.00. The second-order valence-electron chi connectivity index (χ2n) is 2.65. The maximum absolute atomic E-state index is 4.19. The number of nitrogens with one attached hydrogen (secondary N) is 1. The van der Waals surface area contributed by atoms with Crippen molar-refractivity contribution in [3.63, 3.8) is 0 Å². The van der Waals surface area contributed by atoms with Crippen LogP contribution < -0.4 is 5.32 Å². The van der Waals surface area contributed by atoms with Crippen LogP contribution in [-0.4, -0.2) is 16.3 Å². The zero-order valence-electron chi connectivity index (χ0n) is 7.58. The summed E-state index contributed by atoms with van der Waals surface area (Å²) in [6, 6.07) is 1.98. The number of unbranched alkanes of at least 4 members (excludes halogenated alkanes) is 1. The second-order valence-corrected chi connectivity index (χ2v) is 2.65. The highest BCUT2D eigenvalue weighted by atomic mass is 35.5. The van der Waals surface area contributed by atoms with Crippen LogP contribution in [0.15, 0.2) is 12.3 Å². The fraction of sp³-hybridized carbons (Fsp3) is 0.625. The molecule has 0 aliphatic carbocycles. The average molecular weight is 190 g/mol. The Kier molecular flexibility index (Phi) is 5.54. The van der Waals surface area contributed by atoms with E-state index < -0.39 is 0 Å². The van der Waals surface area contributed by atoms with Crippen molar-refractivity contribution >= 4 is 18.2 Å². The molecule has 0 bridgehead atoms. The molecule has 0 radical (unpaired) electrons. The quantitative estimate of drug-likeness (QED) is 0.735. The smallest absolute Gasteiger partial charge is 0.147 e. The molecule has 0 atom stereocenters.